The molecule has 40 heavy (non-hydrogen) atoms. The van der Waals surface area contributed by atoms with Gasteiger partial charge in [-0.05, 0) is 62.5 Å². The highest BCUT2D eigenvalue weighted by Crippen LogP contribution is 2.46. The van der Waals surface area contributed by atoms with Crippen LogP contribution in [0.1, 0.15) is 79.6 Å². The molecule has 4 heterocycles. The number of rotatable bonds is 1. The summed E-state index contributed by atoms with van der Waals surface area (Å²) in [7, 11) is 0. The van der Waals surface area contributed by atoms with Gasteiger partial charge < -0.3 is 29.3 Å². The topological polar surface area (TPSA) is 107 Å². The Hall–Kier alpha value is -2.26. The van der Waals surface area contributed by atoms with E-state index in [1.807, 2.05) is 12.2 Å². The first-order chi connectivity index (χ1) is 19.1. The number of esters is 1. The van der Waals surface area contributed by atoms with Gasteiger partial charge in [0.25, 0.3) is 0 Å². The maximum absolute atomic E-state index is 13.9. The van der Waals surface area contributed by atoms with E-state index in [1.54, 1.807) is 13.0 Å². The predicted octanol–water partition coefficient (Wildman–Crippen LogP) is 5.39. The number of aliphatic hydroxyl groups is 1. The van der Waals surface area contributed by atoms with Gasteiger partial charge in [0, 0.05) is 19.3 Å². The molecule has 2 N–H and O–H groups in total. The van der Waals surface area contributed by atoms with Crippen LogP contribution in [0.2, 0.25) is 0 Å². The van der Waals surface area contributed by atoms with Gasteiger partial charge in [0.1, 0.15) is 29.4 Å². The zero-order chi connectivity index (χ0) is 28.7. The van der Waals surface area contributed by atoms with Crippen molar-refractivity contribution >= 4 is 11.7 Å². The fraction of sp³-hybridized carbons (Fsp3) is 0.688. The average Bonchev–Trinajstić information content (AvgIpc) is 3.24. The standard InChI is InChI=1S/C32H45NO7/c1-6-27-21(4)12-13-31(40-27)17-25-16-24(39-31)11-10-20(3)14-19(2)8-7-9-23-18-37-29-28(33-36)22(5)15-26(30(34)38-25)32(23,29)35/h7-10,15,19,21,24-27,29,35-36H,6,11-14,16-18H2,1-5H3/b8-7-,20-10-,23-9-,33-28-/t19-,21-,24+,25-,26-,27+,29+,31+,32+/m0/s1. The van der Waals surface area contributed by atoms with Gasteiger partial charge in [-0.1, -0.05) is 61.9 Å². The third-order valence-corrected chi connectivity index (χ3v) is 9.45. The number of hydrogen-bond acceptors (Lipinski definition) is 8. The number of oxime groups is 1. The van der Waals surface area contributed by atoms with E-state index < -0.39 is 35.5 Å². The monoisotopic (exact) mass is 555 g/mol. The van der Waals surface area contributed by atoms with E-state index in [2.05, 4.69) is 45.0 Å². The second-order valence-electron chi connectivity index (χ2n) is 12.6. The van der Waals surface area contributed by atoms with Crippen molar-refractivity contribution < 1.29 is 34.1 Å². The van der Waals surface area contributed by atoms with Crippen molar-refractivity contribution in [1.82, 2.24) is 0 Å². The Kier molecular flexibility index (Phi) is 8.44. The Balaban J connectivity index is 1.53. The molecule has 2 bridgehead atoms. The maximum atomic E-state index is 13.9. The summed E-state index contributed by atoms with van der Waals surface area (Å²) in [4.78, 5) is 13.9. The van der Waals surface area contributed by atoms with Gasteiger partial charge in [-0.15, -0.1) is 0 Å². The Morgan fingerprint density at radius 3 is 2.73 bits per heavy atom. The molecule has 9 atom stereocenters. The molecule has 5 aliphatic rings. The van der Waals surface area contributed by atoms with E-state index in [4.69, 9.17) is 18.9 Å². The lowest BCUT2D eigenvalue weighted by Crippen LogP contribution is -2.57. The van der Waals surface area contributed by atoms with Crippen LogP contribution in [0.25, 0.3) is 0 Å². The number of hydrogen-bond donors (Lipinski definition) is 2. The molecule has 8 heteroatoms. The average molecular weight is 556 g/mol. The van der Waals surface area contributed by atoms with E-state index in [0.29, 0.717) is 29.9 Å². The molecule has 0 radical (unpaired) electrons. The van der Waals surface area contributed by atoms with Gasteiger partial charge >= 0.3 is 5.97 Å². The molecule has 0 aromatic heterocycles. The largest absolute Gasteiger partial charge is 0.462 e. The minimum atomic E-state index is -1.72. The van der Waals surface area contributed by atoms with Crippen LogP contribution in [0.15, 0.2) is 52.3 Å². The first kappa shape index (κ1) is 29.2. The van der Waals surface area contributed by atoms with Crippen LogP contribution in [-0.4, -0.2) is 64.4 Å². The predicted molar refractivity (Wildman–Crippen MR) is 151 cm³/mol. The molecule has 0 aromatic rings. The van der Waals surface area contributed by atoms with Crippen molar-refractivity contribution in [2.45, 2.75) is 115 Å². The van der Waals surface area contributed by atoms with Gasteiger partial charge in [0.05, 0.1) is 18.8 Å². The van der Waals surface area contributed by atoms with Crippen molar-refractivity contribution in [3.05, 3.63) is 47.1 Å². The summed E-state index contributed by atoms with van der Waals surface area (Å²) in [5.74, 6) is -1.60. The van der Waals surface area contributed by atoms with Gasteiger partial charge in [0.15, 0.2) is 5.79 Å². The molecule has 4 aliphatic heterocycles. The van der Waals surface area contributed by atoms with Crippen LogP contribution in [0.3, 0.4) is 0 Å². The van der Waals surface area contributed by atoms with Crippen molar-refractivity contribution in [1.29, 1.82) is 0 Å². The normalized spacial score (nSPS) is 47.0. The molecule has 0 saturated carbocycles. The second kappa shape index (κ2) is 11.6. The number of nitrogens with zero attached hydrogens (tertiary/aromatic N) is 1. The first-order valence-corrected chi connectivity index (χ1v) is 14.9. The zero-order valence-corrected chi connectivity index (χ0v) is 24.5. The van der Waals surface area contributed by atoms with E-state index in [1.165, 1.54) is 5.57 Å². The van der Waals surface area contributed by atoms with Crippen LogP contribution in [0, 0.1) is 17.8 Å². The summed E-state index contributed by atoms with van der Waals surface area (Å²) in [5.41, 5.74) is 0.922. The van der Waals surface area contributed by atoms with Crippen molar-refractivity contribution in [2.24, 2.45) is 22.9 Å². The Labute approximate surface area is 237 Å². The van der Waals surface area contributed by atoms with E-state index in [0.717, 1.165) is 32.1 Å². The van der Waals surface area contributed by atoms with Crippen molar-refractivity contribution in [2.75, 3.05) is 6.61 Å². The third kappa shape index (κ3) is 5.48. The van der Waals surface area contributed by atoms with Crippen LogP contribution in [0.4, 0.5) is 0 Å². The molecule has 0 amide bonds. The lowest BCUT2D eigenvalue weighted by atomic mass is 9.71. The molecular formula is C32H45NO7. The molecule has 1 spiro atoms. The molecular weight excluding hydrogens is 510 g/mol. The molecule has 3 fully saturated rings. The Morgan fingerprint density at radius 2 is 1.98 bits per heavy atom. The highest BCUT2D eigenvalue weighted by molar-refractivity contribution is 6.06. The summed E-state index contributed by atoms with van der Waals surface area (Å²) in [5, 5.41) is 25.3. The quantitative estimate of drug-likeness (QED) is 0.193. The summed E-state index contributed by atoms with van der Waals surface area (Å²) in [6.45, 7) is 10.5. The second-order valence-corrected chi connectivity index (χ2v) is 12.6. The van der Waals surface area contributed by atoms with Crippen molar-refractivity contribution in [3.63, 3.8) is 0 Å². The lowest BCUT2D eigenvalue weighted by Gasteiger charge is -2.49. The minimum Gasteiger partial charge on any atom is -0.462 e. The third-order valence-electron chi connectivity index (χ3n) is 9.45. The minimum absolute atomic E-state index is 0.0940. The Bertz CT molecular complexity index is 1140. The summed E-state index contributed by atoms with van der Waals surface area (Å²) >= 11 is 0. The fourth-order valence-corrected chi connectivity index (χ4v) is 7.22. The van der Waals surface area contributed by atoms with Gasteiger partial charge in [-0.25, -0.2) is 0 Å². The fourth-order valence-electron chi connectivity index (χ4n) is 7.22. The number of fused-ring (bicyclic) bond motifs is 2. The Morgan fingerprint density at radius 1 is 1.18 bits per heavy atom. The summed E-state index contributed by atoms with van der Waals surface area (Å²) < 4.78 is 25.5. The van der Waals surface area contributed by atoms with E-state index in [9.17, 15) is 15.1 Å². The van der Waals surface area contributed by atoms with E-state index in [-0.39, 0.29) is 30.4 Å². The van der Waals surface area contributed by atoms with Crippen LogP contribution < -0.4 is 0 Å². The SMILES string of the molecule is CC[C@H]1O[C@]2(CC[C@@H]1C)C[C@@H]1C[C@@H](C/C=C(/C)C[C@@H](C)/C=C\C=C3\CO[C@@H]4/C(=N\O)C(C)=C[C@@H](C(=O)O1)[C@]34O)O2. The zero-order valence-electron chi connectivity index (χ0n) is 24.5. The van der Waals surface area contributed by atoms with Crippen LogP contribution >= 0.6 is 0 Å². The number of carbonyl (C=O) groups is 1. The molecule has 0 unspecified atom stereocenters. The molecule has 1 aliphatic carbocycles. The van der Waals surface area contributed by atoms with Crippen molar-refractivity contribution in [3.8, 4) is 0 Å². The molecule has 3 saturated heterocycles. The van der Waals surface area contributed by atoms with Crippen LogP contribution in [0.5, 0.6) is 0 Å². The van der Waals surface area contributed by atoms with E-state index >= 15 is 0 Å². The van der Waals surface area contributed by atoms with Gasteiger partial charge in [-0.2, -0.15) is 0 Å². The molecule has 8 nitrogen and oxygen atoms in total. The summed E-state index contributed by atoms with van der Waals surface area (Å²) in [6, 6.07) is 0. The summed E-state index contributed by atoms with van der Waals surface area (Å²) in [6.07, 6.45) is 13.6. The maximum Gasteiger partial charge on any atom is 0.316 e. The highest BCUT2D eigenvalue weighted by atomic mass is 16.7. The molecule has 0 aromatic carbocycles. The van der Waals surface area contributed by atoms with Crippen LogP contribution in [-0.2, 0) is 23.7 Å². The lowest BCUT2D eigenvalue weighted by molar-refractivity contribution is -0.335. The number of allylic oxidation sites excluding steroid dienone is 4. The highest BCUT2D eigenvalue weighted by Gasteiger charge is 2.59. The smallest absolute Gasteiger partial charge is 0.316 e. The number of ether oxygens (including phenoxy) is 4. The van der Waals surface area contributed by atoms with Gasteiger partial charge in [0.2, 0.25) is 0 Å². The molecule has 5 rings (SSSR count). The number of carbonyl (C=O) groups excluding carboxylic acids is 1. The molecule has 220 valence electrons. The first-order valence-electron chi connectivity index (χ1n) is 14.9. The van der Waals surface area contributed by atoms with Gasteiger partial charge in [-0.3, -0.25) is 4.79 Å².